The lowest BCUT2D eigenvalue weighted by Crippen LogP contribution is -2.32. The number of rotatable bonds is 2. The molecule has 2 nitrogen and oxygen atoms in total. The predicted molar refractivity (Wildman–Crippen MR) is 53.0 cm³/mol. The maximum absolute atomic E-state index is 10.9. The number of hydrogen-bond acceptors (Lipinski definition) is 2. The molecule has 1 saturated carbocycles. The van der Waals surface area contributed by atoms with E-state index in [9.17, 15) is 4.79 Å². The van der Waals surface area contributed by atoms with Crippen molar-refractivity contribution in [3.05, 3.63) is 6.42 Å². The summed E-state index contributed by atoms with van der Waals surface area (Å²) >= 11 is 11.9. The minimum absolute atomic E-state index is 0.0159. The monoisotopic (exact) mass is 223 g/mol. The van der Waals surface area contributed by atoms with Crippen molar-refractivity contribution < 1.29 is 9.53 Å². The van der Waals surface area contributed by atoms with Crippen molar-refractivity contribution in [2.75, 3.05) is 0 Å². The van der Waals surface area contributed by atoms with Gasteiger partial charge in [0.2, 0.25) is 0 Å². The molecule has 1 aliphatic rings. The van der Waals surface area contributed by atoms with E-state index in [0.717, 1.165) is 12.8 Å². The Morgan fingerprint density at radius 2 is 2.08 bits per heavy atom. The van der Waals surface area contributed by atoms with Crippen LogP contribution in [-0.2, 0) is 9.53 Å². The highest BCUT2D eigenvalue weighted by molar-refractivity contribution is 6.30. The Bertz CT molecular complexity index is 184. The number of alkyl halides is 2. The van der Waals surface area contributed by atoms with Gasteiger partial charge >= 0.3 is 5.97 Å². The van der Waals surface area contributed by atoms with Crippen molar-refractivity contribution in [3.8, 4) is 0 Å². The van der Waals surface area contributed by atoms with E-state index in [2.05, 4.69) is 0 Å². The third kappa shape index (κ3) is 3.35. The molecular weight excluding hydrogens is 211 g/mol. The first-order chi connectivity index (χ1) is 6.13. The number of ether oxygens (including phenoxy) is 1. The molecule has 0 aromatic rings. The second kappa shape index (κ2) is 5.06. The maximum Gasteiger partial charge on any atom is 0.309 e. The normalized spacial score (nSPS) is 34.2. The molecule has 3 unspecified atom stereocenters. The summed E-state index contributed by atoms with van der Waals surface area (Å²) in [6, 6.07) is 0. The van der Waals surface area contributed by atoms with E-state index in [4.69, 9.17) is 27.9 Å². The van der Waals surface area contributed by atoms with Crippen LogP contribution in [0.25, 0.3) is 0 Å². The van der Waals surface area contributed by atoms with Gasteiger partial charge in [-0.25, -0.2) is 0 Å². The van der Waals surface area contributed by atoms with Gasteiger partial charge in [-0.1, -0.05) is 6.92 Å². The molecule has 0 aromatic heterocycles. The first-order valence-electron chi connectivity index (χ1n) is 4.41. The van der Waals surface area contributed by atoms with E-state index in [1.807, 2.05) is 0 Å². The summed E-state index contributed by atoms with van der Waals surface area (Å²) in [6.07, 6.45) is 3.65. The highest BCUT2D eigenvalue weighted by Crippen LogP contribution is 2.29. The highest BCUT2D eigenvalue weighted by atomic mass is 35.5. The first-order valence-corrected chi connectivity index (χ1v) is 5.29. The van der Waals surface area contributed by atoms with E-state index < -0.39 is 0 Å². The van der Waals surface area contributed by atoms with Crippen LogP contribution in [0.5, 0.6) is 0 Å². The lowest BCUT2D eigenvalue weighted by molar-refractivity contribution is -0.145. The lowest BCUT2D eigenvalue weighted by atomic mass is 9.97. The Morgan fingerprint density at radius 3 is 2.62 bits per heavy atom. The van der Waals surface area contributed by atoms with Crippen molar-refractivity contribution in [2.24, 2.45) is 0 Å². The van der Waals surface area contributed by atoms with Gasteiger partial charge in [0.15, 0.2) is 0 Å². The van der Waals surface area contributed by atoms with Gasteiger partial charge in [-0.05, 0) is 12.8 Å². The number of halogens is 2. The first kappa shape index (κ1) is 11.1. The molecule has 3 atom stereocenters. The molecule has 0 bridgehead atoms. The fraction of sp³-hybridized carbons (Fsp3) is 0.778. The van der Waals surface area contributed by atoms with Gasteiger partial charge in [0, 0.05) is 6.42 Å². The summed E-state index contributed by atoms with van der Waals surface area (Å²) in [5, 5.41) is -0.0627. The third-order valence-corrected chi connectivity index (χ3v) is 3.30. The van der Waals surface area contributed by atoms with Gasteiger partial charge in [0.05, 0.1) is 17.2 Å². The molecule has 0 spiro atoms. The number of hydrogen-bond donors (Lipinski definition) is 0. The van der Waals surface area contributed by atoms with Crippen molar-refractivity contribution in [1.82, 2.24) is 0 Å². The average molecular weight is 224 g/mol. The zero-order valence-corrected chi connectivity index (χ0v) is 9.02. The Kier molecular flexibility index (Phi) is 4.33. The van der Waals surface area contributed by atoms with Crippen LogP contribution in [0.1, 0.15) is 26.2 Å². The summed E-state index contributed by atoms with van der Waals surface area (Å²) in [6.45, 7) is 1.66. The van der Waals surface area contributed by atoms with Crippen LogP contribution in [0.3, 0.4) is 0 Å². The third-order valence-electron chi connectivity index (χ3n) is 2.16. The summed E-state index contributed by atoms with van der Waals surface area (Å²) in [7, 11) is 0. The second-order valence-electron chi connectivity index (χ2n) is 3.19. The largest absolute Gasteiger partial charge is 0.462 e. The maximum atomic E-state index is 10.9. The molecule has 0 amide bonds. The zero-order valence-electron chi connectivity index (χ0n) is 7.50. The summed E-state index contributed by atoms with van der Waals surface area (Å²) in [4.78, 5) is 10.9. The van der Waals surface area contributed by atoms with Crippen molar-refractivity contribution in [1.29, 1.82) is 0 Å². The molecule has 1 fully saturated rings. The molecule has 1 radical (unpaired) electrons. The van der Waals surface area contributed by atoms with Crippen LogP contribution in [0.15, 0.2) is 0 Å². The number of esters is 1. The van der Waals surface area contributed by atoms with Gasteiger partial charge in [0.25, 0.3) is 0 Å². The molecule has 0 heterocycles. The highest BCUT2D eigenvalue weighted by Gasteiger charge is 2.29. The Balaban J connectivity index is 2.33. The fourth-order valence-electron chi connectivity index (χ4n) is 1.38. The van der Waals surface area contributed by atoms with Crippen LogP contribution >= 0.6 is 23.2 Å². The Morgan fingerprint density at radius 1 is 1.38 bits per heavy atom. The van der Waals surface area contributed by atoms with Gasteiger partial charge in [-0.3, -0.25) is 4.79 Å². The van der Waals surface area contributed by atoms with E-state index in [-0.39, 0.29) is 22.8 Å². The van der Waals surface area contributed by atoms with Crippen LogP contribution < -0.4 is 0 Å². The van der Waals surface area contributed by atoms with Crippen molar-refractivity contribution in [2.45, 2.75) is 43.0 Å². The van der Waals surface area contributed by atoms with Crippen LogP contribution in [0.4, 0.5) is 0 Å². The van der Waals surface area contributed by atoms with Crippen molar-refractivity contribution in [3.63, 3.8) is 0 Å². The number of carbonyl (C=O) groups excluding carboxylic acids is 1. The van der Waals surface area contributed by atoms with Crippen LogP contribution in [-0.4, -0.2) is 22.8 Å². The minimum atomic E-state index is -0.276. The Labute approximate surface area is 88.5 Å². The molecule has 0 aromatic carbocycles. The molecule has 1 aliphatic carbocycles. The number of carbonyl (C=O) groups is 1. The van der Waals surface area contributed by atoms with Gasteiger partial charge in [0.1, 0.15) is 6.10 Å². The molecular formula is C9H13Cl2O2. The van der Waals surface area contributed by atoms with Crippen LogP contribution in [0, 0.1) is 6.42 Å². The topological polar surface area (TPSA) is 26.3 Å². The predicted octanol–water partition coefficient (Wildman–Crippen LogP) is 2.52. The van der Waals surface area contributed by atoms with Gasteiger partial charge in [-0.2, -0.15) is 0 Å². The molecule has 13 heavy (non-hydrogen) atoms. The quantitative estimate of drug-likeness (QED) is 0.532. The molecule has 0 saturated heterocycles. The standard InChI is InChI=1S/C9H13Cl2O2/c1-2-9(12)13-6-3-4-7(10)8(11)5-6/h2,6-8H,3-5H2,1H3. The minimum Gasteiger partial charge on any atom is -0.462 e. The van der Waals surface area contributed by atoms with E-state index in [0.29, 0.717) is 6.42 Å². The molecule has 0 aliphatic heterocycles. The van der Waals surface area contributed by atoms with Crippen LogP contribution in [0.2, 0.25) is 0 Å². The zero-order chi connectivity index (χ0) is 9.84. The summed E-state index contributed by atoms with van der Waals surface area (Å²) in [5.74, 6) is -0.276. The molecule has 75 valence electrons. The van der Waals surface area contributed by atoms with E-state index in [1.165, 1.54) is 6.42 Å². The molecule has 1 rings (SSSR count). The smallest absolute Gasteiger partial charge is 0.309 e. The molecule has 4 heteroatoms. The SMILES string of the molecule is C[CH]C(=O)OC1CCC(Cl)C(Cl)C1. The van der Waals surface area contributed by atoms with E-state index >= 15 is 0 Å². The summed E-state index contributed by atoms with van der Waals surface area (Å²) < 4.78 is 5.12. The fourth-order valence-corrected chi connectivity index (χ4v) is 1.94. The van der Waals surface area contributed by atoms with Gasteiger partial charge in [-0.15, -0.1) is 23.2 Å². The van der Waals surface area contributed by atoms with Gasteiger partial charge < -0.3 is 4.74 Å². The second-order valence-corrected chi connectivity index (χ2v) is 4.31. The summed E-state index contributed by atoms with van der Waals surface area (Å²) in [5.41, 5.74) is 0. The average Bonchev–Trinajstić information content (AvgIpc) is 2.11. The Hall–Kier alpha value is 0.0500. The van der Waals surface area contributed by atoms with E-state index in [1.54, 1.807) is 6.92 Å². The lowest BCUT2D eigenvalue weighted by Gasteiger charge is -2.28. The molecule has 0 N–H and O–H groups in total. The van der Waals surface area contributed by atoms with Crippen molar-refractivity contribution >= 4 is 29.2 Å².